The zero-order chi connectivity index (χ0) is 15.6. The molecule has 120 valence electrons. The molecule has 2 atom stereocenters. The first-order valence-corrected chi connectivity index (χ1v) is 8.05. The molecule has 0 saturated carbocycles. The van der Waals surface area contributed by atoms with Crippen molar-refractivity contribution in [1.29, 1.82) is 0 Å². The van der Waals surface area contributed by atoms with E-state index in [1.54, 1.807) is 4.68 Å². The van der Waals surface area contributed by atoms with Crippen molar-refractivity contribution in [1.82, 2.24) is 14.7 Å². The molecule has 1 fully saturated rings. The molecule has 2 unspecified atom stereocenters. The molecule has 5 nitrogen and oxygen atoms in total. The van der Waals surface area contributed by atoms with E-state index in [-0.39, 0.29) is 6.10 Å². The average molecular weight is 316 g/mol. The summed E-state index contributed by atoms with van der Waals surface area (Å²) in [5, 5.41) is 15.6. The second-order valence-electron chi connectivity index (χ2n) is 5.95. The number of ether oxygens (including phenoxy) is 1. The van der Waals surface area contributed by atoms with Crippen molar-refractivity contribution in [3.63, 3.8) is 0 Å². The lowest BCUT2D eigenvalue weighted by atomic mass is 10.1. The second-order valence-corrected chi connectivity index (χ2v) is 6.33. The van der Waals surface area contributed by atoms with Gasteiger partial charge in [0.2, 0.25) is 0 Å². The van der Waals surface area contributed by atoms with Crippen LogP contribution >= 0.6 is 11.6 Å². The molecule has 0 aromatic carbocycles. The fraction of sp³-hybridized carbons (Fsp3) is 0.800. The normalized spacial score (nSPS) is 22.0. The Balaban J connectivity index is 2.04. The lowest BCUT2D eigenvalue weighted by molar-refractivity contribution is -0.0944. The monoisotopic (exact) mass is 315 g/mol. The average Bonchev–Trinajstić information content (AvgIpc) is 2.74. The minimum atomic E-state index is -0.566. The molecule has 1 saturated heterocycles. The van der Waals surface area contributed by atoms with Gasteiger partial charge >= 0.3 is 0 Å². The van der Waals surface area contributed by atoms with Crippen LogP contribution in [0.15, 0.2) is 0 Å². The lowest BCUT2D eigenvalue weighted by Crippen LogP contribution is -2.50. The molecular formula is C15H26ClN3O2. The van der Waals surface area contributed by atoms with Gasteiger partial charge in [-0.2, -0.15) is 5.10 Å². The van der Waals surface area contributed by atoms with Crippen molar-refractivity contribution in [2.75, 3.05) is 19.7 Å². The van der Waals surface area contributed by atoms with Crippen LogP contribution in [0.4, 0.5) is 0 Å². The molecular weight excluding hydrogens is 290 g/mol. The van der Waals surface area contributed by atoms with Crippen molar-refractivity contribution in [3.8, 4) is 0 Å². The van der Waals surface area contributed by atoms with E-state index in [0.717, 1.165) is 30.9 Å². The zero-order valence-electron chi connectivity index (χ0n) is 13.3. The molecule has 2 heterocycles. The molecule has 1 aliphatic heterocycles. The second kappa shape index (κ2) is 7.09. The molecule has 21 heavy (non-hydrogen) atoms. The summed E-state index contributed by atoms with van der Waals surface area (Å²) in [6.45, 7) is 8.71. The number of hydrogen-bond acceptors (Lipinski definition) is 4. The molecule has 0 spiro atoms. The summed E-state index contributed by atoms with van der Waals surface area (Å²) in [5.74, 6) is 0. The highest BCUT2D eigenvalue weighted by Gasteiger charge is 2.29. The highest BCUT2D eigenvalue weighted by Crippen LogP contribution is 2.24. The molecule has 1 aromatic heterocycles. The van der Waals surface area contributed by atoms with Crippen LogP contribution in [0.1, 0.15) is 32.2 Å². The standard InChI is InChI=1S/C15H26ClN3O2/c1-5-11-15(16)12(18(4)17-11)8-13(20)14-9-19(10(2)3)6-7-21-14/h10,13-14,20H,5-9H2,1-4H3. The van der Waals surface area contributed by atoms with Crippen molar-refractivity contribution in [2.45, 2.75) is 51.9 Å². The van der Waals surface area contributed by atoms with Crippen LogP contribution in [0.2, 0.25) is 5.02 Å². The molecule has 0 amide bonds. The van der Waals surface area contributed by atoms with Gasteiger partial charge in [-0.05, 0) is 20.3 Å². The van der Waals surface area contributed by atoms with Crippen molar-refractivity contribution < 1.29 is 9.84 Å². The number of nitrogens with zero attached hydrogens (tertiary/aromatic N) is 3. The number of aliphatic hydroxyl groups excluding tert-OH is 1. The number of aromatic nitrogens is 2. The molecule has 0 bridgehead atoms. The fourth-order valence-corrected chi connectivity index (χ4v) is 3.14. The van der Waals surface area contributed by atoms with Crippen LogP contribution in [-0.4, -0.2) is 57.7 Å². The summed E-state index contributed by atoms with van der Waals surface area (Å²) in [4.78, 5) is 2.33. The van der Waals surface area contributed by atoms with E-state index in [1.165, 1.54) is 0 Å². The Hall–Kier alpha value is -0.620. The molecule has 1 N–H and O–H groups in total. The van der Waals surface area contributed by atoms with Gasteiger partial charge in [0.25, 0.3) is 0 Å². The van der Waals surface area contributed by atoms with Crippen molar-refractivity contribution in [2.24, 2.45) is 7.05 Å². The van der Waals surface area contributed by atoms with Crippen molar-refractivity contribution in [3.05, 3.63) is 16.4 Å². The highest BCUT2D eigenvalue weighted by atomic mass is 35.5. The van der Waals surface area contributed by atoms with Crippen LogP contribution in [0.3, 0.4) is 0 Å². The predicted molar refractivity (Wildman–Crippen MR) is 83.8 cm³/mol. The first-order chi connectivity index (χ1) is 9.93. The molecule has 1 aromatic rings. The summed E-state index contributed by atoms with van der Waals surface area (Å²) >= 11 is 6.35. The Labute approximate surface area is 131 Å². The van der Waals surface area contributed by atoms with E-state index in [1.807, 2.05) is 14.0 Å². The Morgan fingerprint density at radius 3 is 2.76 bits per heavy atom. The fourth-order valence-electron chi connectivity index (χ4n) is 2.77. The van der Waals surface area contributed by atoms with Gasteiger partial charge in [0.1, 0.15) is 0 Å². The predicted octanol–water partition coefficient (Wildman–Crippen LogP) is 1.65. The first-order valence-electron chi connectivity index (χ1n) is 7.68. The third-order valence-electron chi connectivity index (χ3n) is 4.19. The summed E-state index contributed by atoms with van der Waals surface area (Å²) in [7, 11) is 1.87. The molecule has 2 rings (SSSR count). The highest BCUT2D eigenvalue weighted by molar-refractivity contribution is 6.31. The van der Waals surface area contributed by atoms with Gasteiger partial charge in [-0.3, -0.25) is 9.58 Å². The van der Waals surface area contributed by atoms with E-state index in [0.29, 0.717) is 24.1 Å². The van der Waals surface area contributed by atoms with Gasteiger partial charge in [-0.1, -0.05) is 18.5 Å². The molecule has 0 radical (unpaired) electrons. The number of halogens is 1. The van der Waals surface area contributed by atoms with Crippen LogP contribution in [0.25, 0.3) is 0 Å². The summed E-state index contributed by atoms with van der Waals surface area (Å²) < 4.78 is 7.51. The number of aliphatic hydroxyl groups is 1. The van der Waals surface area contributed by atoms with Gasteiger partial charge in [-0.15, -0.1) is 0 Å². The summed E-state index contributed by atoms with van der Waals surface area (Å²) in [6.07, 6.45) is 0.532. The summed E-state index contributed by atoms with van der Waals surface area (Å²) in [6, 6.07) is 0.468. The van der Waals surface area contributed by atoms with Crippen LogP contribution in [0, 0.1) is 0 Å². The minimum Gasteiger partial charge on any atom is -0.390 e. The van der Waals surface area contributed by atoms with E-state index in [4.69, 9.17) is 16.3 Å². The smallest absolute Gasteiger partial charge is 0.0964 e. The maximum Gasteiger partial charge on any atom is 0.0964 e. The van der Waals surface area contributed by atoms with E-state index < -0.39 is 6.10 Å². The minimum absolute atomic E-state index is 0.169. The van der Waals surface area contributed by atoms with E-state index in [2.05, 4.69) is 23.8 Å². The third-order valence-corrected chi connectivity index (χ3v) is 4.63. The van der Waals surface area contributed by atoms with Crippen LogP contribution < -0.4 is 0 Å². The third kappa shape index (κ3) is 3.77. The van der Waals surface area contributed by atoms with Gasteiger partial charge in [-0.25, -0.2) is 0 Å². The Morgan fingerprint density at radius 2 is 2.19 bits per heavy atom. The maximum absolute atomic E-state index is 10.5. The Bertz CT molecular complexity index is 476. The van der Waals surface area contributed by atoms with Crippen LogP contribution in [-0.2, 0) is 24.6 Å². The van der Waals surface area contributed by atoms with Gasteiger partial charge < -0.3 is 9.84 Å². The molecule has 1 aliphatic rings. The maximum atomic E-state index is 10.5. The zero-order valence-corrected chi connectivity index (χ0v) is 14.1. The number of rotatable bonds is 5. The largest absolute Gasteiger partial charge is 0.390 e. The lowest BCUT2D eigenvalue weighted by Gasteiger charge is -2.37. The SMILES string of the molecule is CCc1nn(C)c(CC(O)C2CN(C(C)C)CCO2)c1Cl. The number of aryl methyl sites for hydroxylation is 2. The Kier molecular flexibility index (Phi) is 5.66. The van der Waals surface area contributed by atoms with E-state index >= 15 is 0 Å². The number of morpholine rings is 1. The molecule has 0 aliphatic carbocycles. The quantitative estimate of drug-likeness (QED) is 0.897. The summed E-state index contributed by atoms with van der Waals surface area (Å²) in [5.41, 5.74) is 1.76. The molecule has 6 heteroatoms. The van der Waals surface area contributed by atoms with E-state index in [9.17, 15) is 5.11 Å². The number of hydrogen-bond donors (Lipinski definition) is 1. The van der Waals surface area contributed by atoms with Crippen LogP contribution in [0.5, 0.6) is 0 Å². The van der Waals surface area contributed by atoms with Gasteiger partial charge in [0.15, 0.2) is 0 Å². The van der Waals surface area contributed by atoms with Gasteiger partial charge in [0.05, 0.1) is 35.2 Å². The van der Waals surface area contributed by atoms with Gasteiger partial charge in [0, 0.05) is 32.6 Å². The first kappa shape index (κ1) is 16.7. The Morgan fingerprint density at radius 1 is 1.48 bits per heavy atom. The topological polar surface area (TPSA) is 50.5 Å². The van der Waals surface area contributed by atoms with Crippen molar-refractivity contribution >= 4 is 11.6 Å².